The maximum Gasteiger partial charge on any atom is 0.143 e. The number of oxime groups is 1. The van der Waals surface area contributed by atoms with Gasteiger partial charge in [-0.25, -0.2) is 0 Å². The Morgan fingerprint density at radius 2 is 2.35 bits per heavy atom. The smallest absolute Gasteiger partial charge is 0.143 e. The highest BCUT2D eigenvalue weighted by Crippen LogP contribution is 2.27. The van der Waals surface area contributed by atoms with E-state index in [1.807, 2.05) is 6.92 Å². The summed E-state index contributed by atoms with van der Waals surface area (Å²) >= 11 is 5.89. The molecule has 17 heavy (non-hydrogen) atoms. The molecule has 0 saturated carbocycles. The van der Waals surface area contributed by atoms with Gasteiger partial charge < -0.3 is 21.0 Å². The minimum Gasteiger partial charge on any atom is -0.495 e. The van der Waals surface area contributed by atoms with Gasteiger partial charge in [0.25, 0.3) is 0 Å². The van der Waals surface area contributed by atoms with E-state index in [0.29, 0.717) is 17.3 Å². The highest BCUT2D eigenvalue weighted by atomic mass is 35.5. The van der Waals surface area contributed by atoms with Crippen LogP contribution in [0.5, 0.6) is 5.75 Å². The number of nitrogens with one attached hydrogen (secondary N) is 1. The quantitative estimate of drug-likeness (QED) is 0.327. The predicted octanol–water partition coefficient (Wildman–Crippen LogP) is 2.14. The van der Waals surface area contributed by atoms with Crippen LogP contribution in [-0.4, -0.2) is 24.7 Å². The molecule has 0 aliphatic heterocycles. The van der Waals surface area contributed by atoms with E-state index >= 15 is 0 Å². The van der Waals surface area contributed by atoms with Gasteiger partial charge >= 0.3 is 0 Å². The number of nitrogens with zero attached hydrogens (tertiary/aromatic N) is 1. The molecule has 1 aromatic carbocycles. The molecule has 0 amide bonds. The zero-order valence-corrected chi connectivity index (χ0v) is 10.5. The van der Waals surface area contributed by atoms with Crippen LogP contribution in [0.25, 0.3) is 0 Å². The third kappa shape index (κ3) is 3.71. The van der Waals surface area contributed by atoms with E-state index in [0.717, 1.165) is 5.69 Å². The van der Waals surface area contributed by atoms with Gasteiger partial charge in [-0.05, 0) is 18.2 Å². The Hall–Kier alpha value is -1.62. The van der Waals surface area contributed by atoms with Crippen molar-refractivity contribution in [2.24, 2.45) is 16.8 Å². The van der Waals surface area contributed by atoms with Crippen LogP contribution in [0, 0.1) is 5.92 Å². The van der Waals surface area contributed by atoms with Gasteiger partial charge in [-0.2, -0.15) is 0 Å². The molecule has 0 spiro atoms. The fourth-order valence-electron chi connectivity index (χ4n) is 1.28. The Bertz CT molecular complexity index is 410. The zero-order valence-electron chi connectivity index (χ0n) is 9.77. The lowest BCUT2D eigenvalue weighted by Gasteiger charge is -2.14. The van der Waals surface area contributed by atoms with E-state index in [2.05, 4.69) is 10.5 Å². The number of nitrogens with two attached hydrogens (primary N) is 1. The van der Waals surface area contributed by atoms with Crippen molar-refractivity contribution in [3.63, 3.8) is 0 Å². The third-order valence-electron chi connectivity index (χ3n) is 2.38. The molecule has 6 heteroatoms. The second-order valence-corrected chi connectivity index (χ2v) is 4.09. The molecule has 1 aromatic rings. The van der Waals surface area contributed by atoms with Crippen molar-refractivity contribution >= 4 is 23.1 Å². The first-order valence-electron chi connectivity index (χ1n) is 5.13. The van der Waals surface area contributed by atoms with Gasteiger partial charge in [0.15, 0.2) is 0 Å². The van der Waals surface area contributed by atoms with Crippen molar-refractivity contribution in [1.29, 1.82) is 0 Å². The number of anilines is 1. The zero-order chi connectivity index (χ0) is 12.8. The average Bonchev–Trinajstić information content (AvgIpc) is 2.35. The molecule has 1 rings (SSSR count). The SMILES string of the molecule is COc1ccc(Cl)cc1NCC(C)/C(N)=N/O. The monoisotopic (exact) mass is 257 g/mol. The number of benzene rings is 1. The molecule has 0 aliphatic rings. The van der Waals surface area contributed by atoms with Crippen LogP contribution in [0.2, 0.25) is 5.02 Å². The molecular weight excluding hydrogens is 242 g/mol. The minimum atomic E-state index is -0.0938. The molecule has 0 fully saturated rings. The first kappa shape index (κ1) is 13.4. The summed E-state index contributed by atoms with van der Waals surface area (Å²) in [5, 5.41) is 15.2. The van der Waals surface area contributed by atoms with Crippen molar-refractivity contribution in [2.45, 2.75) is 6.92 Å². The van der Waals surface area contributed by atoms with Crippen LogP contribution in [-0.2, 0) is 0 Å². The number of methoxy groups -OCH3 is 1. The molecule has 0 bridgehead atoms. The molecule has 0 aliphatic carbocycles. The van der Waals surface area contributed by atoms with E-state index in [9.17, 15) is 0 Å². The summed E-state index contributed by atoms with van der Waals surface area (Å²) in [7, 11) is 1.58. The Balaban J connectivity index is 2.71. The summed E-state index contributed by atoms with van der Waals surface area (Å²) in [5.41, 5.74) is 6.26. The van der Waals surface area contributed by atoms with E-state index in [1.165, 1.54) is 0 Å². The molecule has 94 valence electrons. The lowest BCUT2D eigenvalue weighted by atomic mass is 10.1. The van der Waals surface area contributed by atoms with E-state index in [4.69, 9.17) is 27.3 Å². The number of amidine groups is 1. The molecule has 0 saturated heterocycles. The standard InChI is InChI=1S/C11H16ClN3O2/c1-7(11(13)15-16)6-14-9-5-8(12)3-4-10(9)17-2/h3-5,7,14,16H,6H2,1-2H3,(H2,13,15). The van der Waals surface area contributed by atoms with E-state index in [-0.39, 0.29) is 11.8 Å². The highest BCUT2D eigenvalue weighted by Gasteiger charge is 2.09. The molecule has 4 N–H and O–H groups in total. The van der Waals surface area contributed by atoms with Gasteiger partial charge in [0.2, 0.25) is 0 Å². The Kier molecular flexibility index (Phi) is 4.90. The largest absolute Gasteiger partial charge is 0.495 e. The molecule has 1 atom stereocenters. The summed E-state index contributed by atoms with van der Waals surface area (Å²) in [5.74, 6) is 0.781. The van der Waals surface area contributed by atoms with Crippen molar-refractivity contribution in [3.05, 3.63) is 23.2 Å². The fraction of sp³-hybridized carbons (Fsp3) is 0.364. The van der Waals surface area contributed by atoms with Crippen molar-refractivity contribution in [2.75, 3.05) is 19.0 Å². The summed E-state index contributed by atoms with van der Waals surface area (Å²) in [6, 6.07) is 5.29. The Morgan fingerprint density at radius 3 is 2.94 bits per heavy atom. The predicted molar refractivity (Wildman–Crippen MR) is 69.1 cm³/mol. The van der Waals surface area contributed by atoms with Gasteiger partial charge in [0.1, 0.15) is 11.6 Å². The maximum atomic E-state index is 8.54. The molecule has 5 nitrogen and oxygen atoms in total. The normalized spacial score (nSPS) is 13.2. The molecule has 0 heterocycles. The van der Waals surface area contributed by atoms with Crippen LogP contribution in [0.1, 0.15) is 6.92 Å². The van der Waals surface area contributed by atoms with Crippen molar-refractivity contribution in [1.82, 2.24) is 0 Å². The lowest BCUT2D eigenvalue weighted by molar-refractivity contribution is 0.315. The van der Waals surface area contributed by atoms with Gasteiger partial charge in [0, 0.05) is 17.5 Å². The van der Waals surface area contributed by atoms with Crippen LogP contribution in [0.15, 0.2) is 23.4 Å². The third-order valence-corrected chi connectivity index (χ3v) is 2.62. The Morgan fingerprint density at radius 1 is 1.65 bits per heavy atom. The number of rotatable bonds is 5. The molecule has 1 unspecified atom stereocenters. The van der Waals surface area contributed by atoms with Gasteiger partial charge in [0.05, 0.1) is 12.8 Å². The van der Waals surface area contributed by atoms with E-state index in [1.54, 1.807) is 25.3 Å². The summed E-state index contributed by atoms with van der Waals surface area (Å²) in [4.78, 5) is 0. The summed E-state index contributed by atoms with van der Waals surface area (Å²) in [6.07, 6.45) is 0. The maximum absolute atomic E-state index is 8.54. The number of hydrogen-bond acceptors (Lipinski definition) is 4. The van der Waals surface area contributed by atoms with E-state index < -0.39 is 0 Å². The van der Waals surface area contributed by atoms with Crippen molar-refractivity contribution in [3.8, 4) is 5.75 Å². The van der Waals surface area contributed by atoms with Crippen LogP contribution >= 0.6 is 11.6 Å². The van der Waals surface area contributed by atoms with Crippen LogP contribution in [0.3, 0.4) is 0 Å². The van der Waals surface area contributed by atoms with Gasteiger partial charge in [-0.1, -0.05) is 23.7 Å². The lowest BCUT2D eigenvalue weighted by Crippen LogP contribution is -2.27. The van der Waals surface area contributed by atoms with Gasteiger partial charge in [-0.15, -0.1) is 0 Å². The minimum absolute atomic E-state index is 0.0938. The number of ether oxygens (including phenoxy) is 1. The first-order chi connectivity index (χ1) is 8.08. The van der Waals surface area contributed by atoms with Crippen LogP contribution < -0.4 is 15.8 Å². The topological polar surface area (TPSA) is 79.9 Å². The van der Waals surface area contributed by atoms with Gasteiger partial charge in [-0.3, -0.25) is 0 Å². The fourth-order valence-corrected chi connectivity index (χ4v) is 1.46. The number of halogens is 1. The second kappa shape index (κ2) is 6.20. The molecule has 0 aromatic heterocycles. The van der Waals surface area contributed by atoms with Crippen LogP contribution in [0.4, 0.5) is 5.69 Å². The number of hydrogen-bond donors (Lipinski definition) is 3. The highest BCUT2D eigenvalue weighted by molar-refractivity contribution is 6.30. The first-order valence-corrected chi connectivity index (χ1v) is 5.51. The Labute approximate surface area is 105 Å². The summed E-state index contributed by atoms with van der Waals surface area (Å²) < 4.78 is 5.19. The van der Waals surface area contributed by atoms with Crippen molar-refractivity contribution < 1.29 is 9.94 Å². The average molecular weight is 258 g/mol. The molecule has 0 radical (unpaired) electrons. The second-order valence-electron chi connectivity index (χ2n) is 3.65. The summed E-state index contributed by atoms with van der Waals surface area (Å²) in [6.45, 7) is 2.37. The molecular formula is C11H16ClN3O2.